The molecule has 1 nitrogen and oxygen atoms in total. The predicted octanol–water partition coefficient (Wildman–Crippen LogP) is 3.33. The highest BCUT2D eigenvalue weighted by atomic mass is 19.2. The van der Waals surface area contributed by atoms with E-state index in [4.69, 9.17) is 0 Å². The maximum Gasteiger partial charge on any atom is 0.194 e. The smallest absolute Gasteiger partial charge is 0.194 e. The third kappa shape index (κ3) is 2.07. The molecule has 2 rings (SSSR count). The van der Waals surface area contributed by atoms with Crippen LogP contribution in [0.25, 0.3) is 0 Å². The molecule has 4 heteroatoms. The average Bonchev–Trinajstić information content (AvgIpc) is 2.77. The number of benzene rings is 1. The second-order valence-electron chi connectivity index (χ2n) is 4.29. The third-order valence-corrected chi connectivity index (χ3v) is 3.19. The number of hydrogen-bond acceptors (Lipinski definition) is 1. The first-order valence-electron chi connectivity index (χ1n) is 5.42. The lowest BCUT2D eigenvalue weighted by molar-refractivity contribution is 0.110. The zero-order valence-electron chi connectivity index (χ0n) is 8.72. The summed E-state index contributed by atoms with van der Waals surface area (Å²) in [4.78, 5) is 0. The van der Waals surface area contributed by atoms with Gasteiger partial charge in [-0.15, -0.1) is 0 Å². The fraction of sp³-hybridized carbons (Fsp3) is 0.500. The largest absolute Gasteiger partial charge is 0.388 e. The van der Waals surface area contributed by atoms with Crippen LogP contribution in [0.3, 0.4) is 0 Å². The van der Waals surface area contributed by atoms with E-state index in [9.17, 15) is 18.3 Å². The summed E-state index contributed by atoms with van der Waals surface area (Å²) in [6.45, 7) is 0. The molecule has 1 aliphatic carbocycles. The Morgan fingerprint density at radius 2 is 1.56 bits per heavy atom. The lowest BCUT2D eigenvalue weighted by atomic mass is 9.94. The summed E-state index contributed by atoms with van der Waals surface area (Å²) in [5, 5.41) is 9.90. The van der Waals surface area contributed by atoms with E-state index in [1.54, 1.807) is 0 Å². The number of aliphatic hydroxyl groups is 1. The Kier molecular flexibility index (Phi) is 3.19. The number of rotatable bonds is 2. The van der Waals surface area contributed by atoms with E-state index in [0.29, 0.717) is 0 Å². The van der Waals surface area contributed by atoms with Gasteiger partial charge in [-0.2, -0.15) is 0 Å². The molecule has 0 amide bonds. The second kappa shape index (κ2) is 4.45. The van der Waals surface area contributed by atoms with Crippen molar-refractivity contribution in [3.63, 3.8) is 0 Å². The number of aliphatic hydroxyl groups excluding tert-OH is 1. The van der Waals surface area contributed by atoms with Crippen LogP contribution in [-0.4, -0.2) is 5.11 Å². The van der Waals surface area contributed by atoms with E-state index < -0.39 is 23.6 Å². The third-order valence-electron chi connectivity index (χ3n) is 3.19. The molecule has 0 heterocycles. The van der Waals surface area contributed by atoms with E-state index in [2.05, 4.69) is 0 Å². The van der Waals surface area contributed by atoms with Crippen LogP contribution < -0.4 is 0 Å². The lowest BCUT2D eigenvalue weighted by Crippen LogP contribution is -2.10. The lowest BCUT2D eigenvalue weighted by Gasteiger charge is -2.18. The van der Waals surface area contributed by atoms with Crippen LogP contribution in [0.2, 0.25) is 0 Å². The van der Waals surface area contributed by atoms with E-state index in [0.717, 1.165) is 37.8 Å². The van der Waals surface area contributed by atoms with Crippen LogP contribution in [0.15, 0.2) is 12.1 Å². The van der Waals surface area contributed by atoms with Crippen molar-refractivity contribution >= 4 is 0 Å². The normalized spacial score (nSPS) is 19.0. The Balaban J connectivity index is 2.26. The summed E-state index contributed by atoms with van der Waals surface area (Å²) in [6.07, 6.45) is 2.85. The zero-order chi connectivity index (χ0) is 11.7. The van der Waals surface area contributed by atoms with Gasteiger partial charge in [-0.3, -0.25) is 0 Å². The standard InChI is InChI=1S/C12H13F3O/c13-9-5-8(6-10(14)11(9)15)12(16)7-3-1-2-4-7/h5-7,12,16H,1-4H2. The van der Waals surface area contributed by atoms with E-state index in [1.165, 1.54) is 0 Å². The Hall–Kier alpha value is -1.03. The van der Waals surface area contributed by atoms with Gasteiger partial charge < -0.3 is 5.11 Å². The van der Waals surface area contributed by atoms with Crippen molar-refractivity contribution in [1.29, 1.82) is 0 Å². The van der Waals surface area contributed by atoms with Gasteiger partial charge in [0.05, 0.1) is 6.10 Å². The first-order valence-corrected chi connectivity index (χ1v) is 5.42. The van der Waals surface area contributed by atoms with E-state index >= 15 is 0 Å². The van der Waals surface area contributed by atoms with Gasteiger partial charge in [0.2, 0.25) is 0 Å². The fourth-order valence-electron chi connectivity index (χ4n) is 2.29. The molecule has 1 saturated carbocycles. The van der Waals surface area contributed by atoms with Gasteiger partial charge in [0.1, 0.15) is 0 Å². The number of halogens is 3. The molecule has 1 aromatic carbocycles. The van der Waals surface area contributed by atoms with Gasteiger partial charge >= 0.3 is 0 Å². The van der Waals surface area contributed by atoms with Crippen LogP contribution in [0.1, 0.15) is 37.4 Å². The molecule has 0 spiro atoms. The molecule has 16 heavy (non-hydrogen) atoms. The first-order chi connectivity index (χ1) is 7.59. The maximum atomic E-state index is 13.0. The Labute approximate surface area is 91.9 Å². The van der Waals surface area contributed by atoms with Crippen molar-refractivity contribution < 1.29 is 18.3 Å². The quantitative estimate of drug-likeness (QED) is 0.772. The Bertz CT molecular complexity index is 363. The molecule has 0 aromatic heterocycles. The topological polar surface area (TPSA) is 20.2 Å². The van der Waals surface area contributed by atoms with Crippen molar-refractivity contribution in [1.82, 2.24) is 0 Å². The van der Waals surface area contributed by atoms with Gasteiger partial charge in [0, 0.05) is 0 Å². The summed E-state index contributed by atoms with van der Waals surface area (Å²) in [5.74, 6) is -3.94. The molecular formula is C12H13F3O. The van der Waals surface area contributed by atoms with Gasteiger partial charge in [-0.25, -0.2) is 13.2 Å². The first kappa shape index (κ1) is 11.5. The van der Waals surface area contributed by atoms with Gasteiger partial charge in [-0.05, 0) is 36.5 Å². The number of hydrogen-bond donors (Lipinski definition) is 1. The van der Waals surface area contributed by atoms with Crippen molar-refractivity contribution in [2.75, 3.05) is 0 Å². The summed E-state index contributed by atoms with van der Waals surface area (Å²) >= 11 is 0. The molecule has 0 bridgehead atoms. The maximum absolute atomic E-state index is 13.0. The fourth-order valence-corrected chi connectivity index (χ4v) is 2.29. The molecule has 1 aromatic rings. The minimum atomic E-state index is -1.48. The Morgan fingerprint density at radius 3 is 2.06 bits per heavy atom. The van der Waals surface area contributed by atoms with Crippen LogP contribution in [-0.2, 0) is 0 Å². The molecule has 0 saturated heterocycles. The molecule has 1 unspecified atom stereocenters. The van der Waals surface area contributed by atoms with Crippen LogP contribution in [0.5, 0.6) is 0 Å². The summed E-state index contributed by atoms with van der Waals surface area (Å²) in [6, 6.07) is 1.75. The molecule has 1 atom stereocenters. The second-order valence-corrected chi connectivity index (χ2v) is 4.29. The molecule has 0 radical (unpaired) electrons. The summed E-state index contributed by atoms with van der Waals surface area (Å²) < 4.78 is 38.6. The highest BCUT2D eigenvalue weighted by Crippen LogP contribution is 2.36. The van der Waals surface area contributed by atoms with Crippen molar-refractivity contribution in [2.45, 2.75) is 31.8 Å². The molecule has 0 aliphatic heterocycles. The minimum absolute atomic E-state index is 0.0317. The van der Waals surface area contributed by atoms with Gasteiger partial charge in [0.15, 0.2) is 17.5 Å². The van der Waals surface area contributed by atoms with Crippen molar-refractivity contribution in [3.8, 4) is 0 Å². The van der Waals surface area contributed by atoms with Gasteiger partial charge in [0.25, 0.3) is 0 Å². The van der Waals surface area contributed by atoms with Crippen molar-refractivity contribution in [3.05, 3.63) is 35.1 Å². The molecule has 1 N–H and O–H groups in total. The van der Waals surface area contributed by atoms with E-state index in [-0.39, 0.29) is 11.5 Å². The predicted molar refractivity (Wildman–Crippen MR) is 53.2 cm³/mol. The minimum Gasteiger partial charge on any atom is -0.388 e. The molecule has 88 valence electrons. The molecule has 1 fully saturated rings. The average molecular weight is 230 g/mol. The zero-order valence-corrected chi connectivity index (χ0v) is 8.72. The summed E-state index contributed by atoms with van der Waals surface area (Å²) in [5.41, 5.74) is 0.128. The van der Waals surface area contributed by atoms with Gasteiger partial charge in [-0.1, -0.05) is 12.8 Å². The van der Waals surface area contributed by atoms with Crippen LogP contribution in [0, 0.1) is 23.4 Å². The highest BCUT2D eigenvalue weighted by molar-refractivity contribution is 5.22. The van der Waals surface area contributed by atoms with Crippen LogP contribution in [0.4, 0.5) is 13.2 Å². The SMILES string of the molecule is OC(c1cc(F)c(F)c(F)c1)C1CCCC1. The van der Waals surface area contributed by atoms with E-state index in [1.807, 2.05) is 0 Å². The van der Waals surface area contributed by atoms with Crippen molar-refractivity contribution in [2.24, 2.45) is 5.92 Å². The molecule has 1 aliphatic rings. The highest BCUT2D eigenvalue weighted by Gasteiger charge is 2.26. The van der Waals surface area contributed by atoms with Crippen LogP contribution >= 0.6 is 0 Å². The summed E-state index contributed by atoms with van der Waals surface area (Å²) in [7, 11) is 0. The molecular weight excluding hydrogens is 217 g/mol. The monoisotopic (exact) mass is 230 g/mol. The Morgan fingerprint density at radius 1 is 1.06 bits per heavy atom.